The van der Waals surface area contributed by atoms with Crippen LogP contribution in [0.5, 0.6) is 5.75 Å². The fraction of sp³-hybridized carbons (Fsp3) is 0.520. The molecule has 4 rings (SSSR count). The van der Waals surface area contributed by atoms with Gasteiger partial charge in [-0.25, -0.2) is 4.98 Å². The molecule has 1 aliphatic carbocycles. The van der Waals surface area contributed by atoms with Gasteiger partial charge in [-0.3, -0.25) is 4.79 Å². The van der Waals surface area contributed by atoms with Crippen LogP contribution in [0.4, 0.5) is 19.0 Å². The van der Waals surface area contributed by atoms with Gasteiger partial charge in [0.2, 0.25) is 0 Å². The Kier molecular flexibility index (Phi) is 7.60. The number of amides is 1. The van der Waals surface area contributed by atoms with Gasteiger partial charge < -0.3 is 20.7 Å². The van der Waals surface area contributed by atoms with Crippen LogP contribution >= 0.6 is 0 Å². The standard InChI is InChI=1S/C25H31F3N4O2/c26-25(27,28)34-22-7-3-19(4-8-22)24(33)32-13-10-18(11-14-32)20-9-12-30-23(15-20)31-16-17-1-5-21(29)6-2-17/h3-4,7-9,12,15,17-18,21H,1-2,5-6,10-11,13-14,16,29H2,(H,30,31)/t17-,21+. The maximum Gasteiger partial charge on any atom is 0.573 e. The number of nitrogens with two attached hydrogens (primary N) is 1. The van der Waals surface area contributed by atoms with Crippen molar-refractivity contribution in [1.82, 2.24) is 9.88 Å². The third-order valence-electron chi connectivity index (χ3n) is 6.84. The molecule has 0 unspecified atom stereocenters. The van der Waals surface area contributed by atoms with Gasteiger partial charge in [-0.15, -0.1) is 13.2 Å². The number of alkyl halides is 3. The summed E-state index contributed by atoms with van der Waals surface area (Å²) in [5.74, 6) is 1.33. The molecule has 1 amide bonds. The molecule has 1 aliphatic heterocycles. The van der Waals surface area contributed by atoms with E-state index in [9.17, 15) is 18.0 Å². The first-order valence-corrected chi connectivity index (χ1v) is 11.9. The molecule has 0 bridgehead atoms. The fourth-order valence-electron chi connectivity index (χ4n) is 4.84. The van der Waals surface area contributed by atoms with E-state index in [4.69, 9.17) is 5.73 Å². The number of rotatable bonds is 6. The SMILES string of the molecule is N[C@H]1CC[C@@H](CNc2cc(C3CCN(C(=O)c4ccc(OC(F)(F)F)cc4)CC3)ccn2)CC1. The predicted octanol–water partition coefficient (Wildman–Crippen LogP) is 4.93. The van der Waals surface area contributed by atoms with E-state index in [1.807, 2.05) is 12.3 Å². The van der Waals surface area contributed by atoms with E-state index in [0.717, 1.165) is 50.9 Å². The Morgan fingerprint density at radius 1 is 1.06 bits per heavy atom. The topological polar surface area (TPSA) is 80.5 Å². The molecule has 6 nitrogen and oxygen atoms in total. The normalized spacial score (nSPS) is 21.8. The number of carbonyl (C=O) groups is 1. The molecule has 1 aromatic heterocycles. The van der Waals surface area contributed by atoms with Crippen LogP contribution in [-0.4, -0.2) is 47.8 Å². The highest BCUT2D eigenvalue weighted by molar-refractivity contribution is 5.94. The number of hydrogen-bond donors (Lipinski definition) is 2. The summed E-state index contributed by atoms with van der Waals surface area (Å²) < 4.78 is 40.8. The third kappa shape index (κ3) is 6.62. The predicted molar refractivity (Wildman–Crippen MR) is 124 cm³/mol. The van der Waals surface area contributed by atoms with Crippen LogP contribution in [0.1, 0.15) is 60.4 Å². The van der Waals surface area contributed by atoms with E-state index in [1.54, 1.807) is 4.90 Å². The molecular weight excluding hydrogens is 445 g/mol. The van der Waals surface area contributed by atoms with Crippen molar-refractivity contribution in [3.63, 3.8) is 0 Å². The zero-order valence-corrected chi connectivity index (χ0v) is 19.1. The van der Waals surface area contributed by atoms with Gasteiger partial charge in [0.15, 0.2) is 0 Å². The molecule has 1 aromatic carbocycles. The number of carbonyl (C=O) groups excluding carboxylic acids is 1. The summed E-state index contributed by atoms with van der Waals surface area (Å²) in [5.41, 5.74) is 7.56. The number of benzene rings is 1. The monoisotopic (exact) mass is 476 g/mol. The second-order valence-corrected chi connectivity index (χ2v) is 9.27. The van der Waals surface area contributed by atoms with Gasteiger partial charge in [-0.2, -0.15) is 0 Å². The van der Waals surface area contributed by atoms with Crippen LogP contribution in [-0.2, 0) is 0 Å². The van der Waals surface area contributed by atoms with Gasteiger partial charge in [-0.1, -0.05) is 0 Å². The number of halogens is 3. The van der Waals surface area contributed by atoms with E-state index < -0.39 is 6.36 Å². The zero-order chi connectivity index (χ0) is 24.1. The van der Waals surface area contributed by atoms with Crippen molar-refractivity contribution in [2.45, 2.75) is 56.8 Å². The summed E-state index contributed by atoms with van der Waals surface area (Å²) in [6.07, 6.45) is 3.20. The highest BCUT2D eigenvalue weighted by Gasteiger charge is 2.31. The largest absolute Gasteiger partial charge is 0.573 e. The quantitative estimate of drug-likeness (QED) is 0.618. The van der Waals surface area contributed by atoms with Crippen molar-refractivity contribution in [3.8, 4) is 5.75 Å². The van der Waals surface area contributed by atoms with Crippen molar-refractivity contribution in [1.29, 1.82) is 0 Å². The number of aromatic nitrogens is 1. The summed E-state index contributed by atoms with van der Waals surface area (Å²) in [6, 6.07) is 9.56. The third-order valence-corrected chi connectivity index (χ3v) is 6.84. The highest BCUT2D eigenvalue weighted by atomic mass is 19.4. The molecule has 9 heteroatoms. The molecule has 0 atom stereocenters. The number of nitrogens with one attached hydrogen (secondary N) is 1. The van der Waals surface area contributed by atoms with E-state index in [0.29, 0.717) is 36.5 Å². The molecule has 2 aliphatic rings. The second kappa shape index (κ2) is 10.6. The zero-order valence-electron chi connectivity index (χ0n) is 19.1. The van der Waals surface area contributed by atoms with E-state index in [-0.39, 0.29) is 11.7 Å². The maximum absolute atomic E-state index is 12.8. The van der Waals surface area contributed by atoms with Crippen molar-refractivity contribution in [3.05, 3.63) is 53.7 Å². The van der Waals surface area contributed by atoms with Gasteiger partial charge >= 0.3 is 6.36 Å². The lowest BCUT2D eigenvalue weighted by Crippen LogP contribution is -2.37. The molecule has 2 fully saturated rings. The Balaban J connectivity index is 1.28. The summed E-state index contributed by atoms with van der Waals surface area (Å²) in [7, 11) is 0. The first kappa shape index (κ1) is 24.3. The molecule has 1 saturated carbocycles. The van der Waals surface area contributed by atoms with E-state index in [2.05, 4.69) is 21.1 Å². The fourth-order valence-corrected chi connectivity index (χ4v) is 4.84. The van der Waals surface area contributed by atoms with Crippen molar-refractivity contribution < 1.29 is 22.7 Å². The number of ether oxygens (including phenoxy) is 1. The Bertz CT molecular complexity index is 951. The van der Waals surface area contributed by atoms with Crippen LogP contribution in [0.2, 0.25) is 0 Å². The highest BCUT2D eigenvalue weighted by Crippen LogP contribution is 2.30. The van der Waals surface area contributed by atoms with Crippen molar-refractivity contribution >= 4 is 11.7 Å². The van der Waals surface area contributed by atoms with E-state index >= 15 is 0 Å². The van der Waals surface area contributed by atoms with Gasteiger partial charge in [0.25, 0.3) is 5.91 Å². The number of anilines is 1. The summed E-state index contributed by atoms with van der Waals surface area (Å²) in [4.78, 5) is 19.0. The minimum absolute atomic E-state index is 0.179. The van der Waals surface area contributed by atoms with Gasteiger partial charge in [0, 0.05) is 37.4 Å². The first-order valence-electron chi connectivity index (χ1n) is 11.9. The number of hydrogen-bond acceptors (Lipinski definition) is 5. The second-order valence-electron chi connectivity index (χ2n) is 9.27. The molecule has 0 radical (unpaired) electrons. The lowest BCUT2D eigenvalue weighted by molar-refractivity contribution is -0.274. The van der Waals surface area contributed by atoms with E-state index in [1.165, 1.54) is 29.8 Å². The summed E-state index contributed by atoms with van der Waals surface area (Å²) in [6.45, 7) is 2.10. The number of nitrogens with zero attached hydrogens (tertiary/aromatic N) is 2. The van der Waals surface area contributed by atoms with Gasteiger partial charge in [0.05, 0.1) is 0 Å². The van der Waals surface area contributed by atoms with Crippen LogP contribution in [0.3, 0.4) is 0 Å². The number of pyridine rings is 1. The summed E-state index contributed by atoms with van der Waals surface area (Å²) in [5, 5.41) is 3.48. The molecule has 0 spiro atoms. The van der Waals surface area contributed by atoms with Crippen molar-refractivity contribution in [2.24, 2.45) is 11.7 Å². The molecule has 184 valence electrons. The van der Waals surface area contributed by atoms with Gasteiger partial charge in [0.1, 0.15) is 11.6 Å². The Morgan fingerprint density at radius 3 is 2.38 bits per heavy atom. The van der Waals surface area contributed by atoms with Crippen LogP contribution in [0.15, 0.2) is 42.6 Å². The van der Waals surface area contributed by atoms with Crippen LogP contribution in [0.25, 0.3) is 0 Å². The lowest BCUT2D eigenvalue weighted by Gasteiger charge is -2.32. The first-order chi connectivity index (χ1) is 16.3. The Labute approximate surface area is 197 Å². The smallest absolute Gasteiger partial charge is 0.406 e. The Morgan fingerprint density at radius 2 is 1.74 bits per heavy atom. The molecule has 2 heterocycles. The summed E-state index contributed by atoms with van der Waals surface area (Å²) >= 11 is 0. The van der Waals surface area contributed by atoms with Crippen LogP contribution < -0.4 is 15.8 Å². The number of likely N-dealkylation sites (tertiary alicyclic amines) is 1. The molecular formula is C25H31F3N4O2. The van der Waals surface area contributed by atoms with Crippen molar-refractivity contribution in [2.75, 3.05) is 25.0 Å². The van der Waals surface area contributed by atoms with Gasteiger partial charge in [-0.05, 0) is 92.3 Å². The number of piperidine rings is 1. The molecule has 34 heavy (non-hydrogen) atoms. The molecule has 3 N–H and O–H groups in total. The molecule has 2 aromatic rings. The maximum atomic E-state index is 12.8. The minimum atomic E-state index is -4.75. The molecule has 1 saturated heterocycles. The lowest BCUT2D eigenvalue weighted by atomic mass is 9.86. The minimum Gasteiger partial charge on any atom is -0.406 e. The Hall–Kier alpha value is -2.81. The average Bonchev–Trinajstić information content (AvgIpc) is 2.83. The average molecular weight is 477 g/mol. The van der Waals surface area contributed by atoms with Crippen LogP contribution in [0, 0.1) is 5.92 Å².